The van der Waals surface area contributed by atoms with E-state index in [1.807, 2.05) is 25.1 Å². The Morgan fingerprint density at radius 2 is 1.95 bits per heavy atom. The first-order valence-corrected chi connectivity index (χ1v) is 9.14. The Labute approximate surface area is 123 Å². The summed E-state index contributed by atoms with van der Waals surface area (Å²) in [5, 5.41) is 4.22. The number of sulfone groups is 1. The smallest absolute Gasteiger partial charge is 0.175 e. The highest BCUT2D eigenvalue weighted by molar-refractivity contribution is 7.98. The van der Waals surface area contributed by atoms with Crippen molar-refractivity contribution in [2.75, 3.05) is 6.26 Å². The molecule has 0 unspecified atom stereocenters. The zero-order valence-electron chi connectivity index (χ0n) is 11.7. The van der Waals surface area contributed by atoms with Crippen LogP contribution in [0.3, 0.4) is 0 Å². The molecule has 0 spiro atoms. The van der Waals surface area contributed by atoms with Crippen LogP contribution < -0.4 is 0 Å². The molecule has 0 fully saturated rings. The van der Waals surface area contributed by atoms with Crippen LogP contribution in [0.15, 0.2) is 39.8 Å². The van der Waals surface area contributed by atoms with Crippen LogP contribution in [0.1, 0.15) is 29.2 Å². The van der Waals surface area contributed by atoms with E-state index in [4.69, 9.17) is 4.52 Å². The van der Waals surface area contributed by atoms with Gasteiger partial charge < -0.3 is 4.52 Å². The van der Waals surface area contributed by atoms with E-state index in [1.165, 1.54) is 6.26 Å². The highest BCUT2D eigenvalue weighted by Crippen LogP contribution is 2.31. The number of hydrogen-bond donors (Lipinski definition) is 0. The van der Waals surface area contributed by atoms with Gasteiger partial charge in [0.15, 0.2) is 9.84 Å². The van der Waals surface area contributed by atoms with Crippen molar-refractivity contribution in [3.05, 3.63) is 47.3 Å². The predicted octanol–water partition coefficient (Wildman–Crippen LogP) is 3.38. The van der Waals surface area contributed by atoms with E-state index in [2.05, 4.69) is 12.1 Å². The van der Waals surface area contributed by atoms with E-state index in [0.29, 0.717) is 4.90 Å². The molecule has 1 atom stereocenters. The Balaban J connectivity index is 2.00. The van der Waals surface area contributed by atoms with Gasteiger partial charge in [0.05, 0.1) is 10.6 Å². The molecule has 0 aliphatic heterocycles. The second-order valence-corrected chi connectivity index (χ2v) is 8.07. The minimum atomic E-state index is -3.13. The topological polar surface area (TPSA) is 60.2 Å². The standard InChI is InChI=1S/C14H17NO3S2/c1-10-8-13(15-18-10)9-19-11(2)12-4-6-14(7-5-12)20(3,16)17/h4-8,11H,9H2,1-3H3/t11-/m0/s1. The molecule has 1 aromatic heterocycles. The minimum absolute atomic E-state index is 0.264. The van der Waals surface area contributed by atoms with E-state index in [1.54, 1.807) is 23.9 Å². The maximum atomic E-state index is 11.4. The normalized spacial score (nSPS) is 13.3. The van der Waals surface area contributed by atoms with Gasteiger partial charge in [-0.2, -0.15) is 0 Å². The summed E-state index contributed by atoms with van der Waals surface area (Å²) >= 11 is 1.74. The molecule has 2 rings (SSSR count). The van der Waals surface area contributed by atoms with Crippen molar-refractivity contribution >= 4 is 21.6 Å². The molecule has 0 aliphatic carbocycles. The van der Waals surface area contributed by atoms with E-state index < -0.39 is 9.84 Å². The molecule has 1 heterocycles. The third-order valence-electron chi connectivity index (χ3n) is 2.94. The molecule has 20 heavy (non-hydrogen) atoms. The number of rotatable bonds is 5. The Morgan fingerprint density at radius 1 is 1.30 bits per heavy atom. The van der Waals surface area contributed by atoms with E-state index >= 15 is 0 Å². The maximum absolute atomic E-state index is 11.4. The minimum Gasteiger partial charge on any atom is -0.361 e. The molecule has 0 saturated heterocycles. The first-order valence-electron chi connectivity index (χ1n) is 6.20. The molecule has 2 aromatic rings. The molecule has 0 N–H and O–H groups in total. The van der Waals surface area contributed by atoms with Gasteiger partial charge in [-0.05, 0) is 31.5 Å². The Hall–Kier alpha value is -1.27. The summed E-state index contributed by atoms with van der Waals surface area (Å²) in [6.07, 6.45) is 1.22. The quantitative estimate of drug-likeness (QED) is 0.847. The third kappa shape index (κ3) is 3.86. The molecule has 108 valence electrons. The van der Waals surface area contributed by atoms with Crippen LogP contribution in [0.4, 0.5) is 0 Å². The number of aryl methyl sites for hydroxylation is 1. The van der Waals surface area contributed by atoms with Crippen LogP contribution in [0.5, 0.6) is 0 Å². The molecule has 0 radical (unpaired) electrons. The van der Waals surface area contributed by atoms with Crippen molar-refractivity contribution in [1.82, 2.24) is 5.16 Å². The third-order valence-corrected chi connectivity index (χ3v) is 5.30. The highest BCUT2D eigenvalue weighted by atomic mass is 32.2. The average molecular weight is 311 g/mol. The molecule has 1 aromatic carbocycles. The van der Waals surface area contributed by atoms with Gasteiger partial charge in [-0.1, -0.05) is 17.3 Å². The van der Waals surface area contributed by atoms with Crippen LogP contribution >= 0.6 is 11.8 Å². The number of nitrogens with zero attached hydrogens (tertiary/aromatic N) is 1. The van der Waals surface area contributed by atoms with Gasteiger partial charge in [0.1, 0.15) is 5.76 Å². The maximum Gasteiger partial charge on any atom is 0.175 e. The average Bonchev–Trinajstić information content (AvgIpc) is 2.81. The fourth-order valence-electron chi connectivity index (χ4n) is 1.78. The first kappa shape index (κ1) is 15.1. The molecule has 0 aliphatic rings. The Kier molecular flexibility index (Phi) is 4.55. The predicted molar refractivity (Wildman–Crippen MR) is 80.5 cm³/mol. The SMILES string of the molecule is Cc1cc(CS[C@@H](C)c2ccc(S(C)(=O)=O)cc2)no1. The van der Waals surface area contributed by atoms with Crippen LogP contribution in [0.25, 0.3) is 0 Å². The molecule has 6 heteroatoms. The van der Waals surface area contributed by atoms with Gasteiger partial charge in [0.2, 0.25) is 0 Å². The lowest BCUT2D eigenvalue weighted by atomic mass is 10.2. The lowest BCUT2D eigenvalue weighted by Gasteiger charge is -2.11. The molecule has 4 nitrogen and oxygen atoms in total. The molecule has 0 bridgehead atoms. The van der Waals surface area contributed by atoms with Crippen molar-refractivity contribution in [2.45, 2.75) is 29.7 Å². The van der Waals surface area contributed by atoms with Gasteiger partial charge in [-0.15, -0.1) is 11.8 Å². The van der Waals surface area contributed by atoms with Crippen molar-refractivity contribution < 1.29 is 12.9 Å². The molecule has 0 amide bonds. The molecule has 0 saturated carbocycles. The summed E-state index contributed by atoms with van der Waals surface area (Å²) in [6.45, 7) is 3.96. The number of hydrogen-bond acceptors (Lipinski definition) is 5. The second kappa shape index (κ2) is 6.01. The van der Waals surface area contributed by atoms with Crippen molar-refractivity contribution in [2.24, 2.45) is 0 Å². The lowest BCUT2D eigenvalue weighted by Crippen LogP contribution is -1.97. The van der Waals surface area contributed by atoms with Gasteiger partial charge >= 0.3 is 0 Å². The number of aromatic nitrogens is 1. The van der Waals surface area contributed by atoms with E-state index in [0.717, 1.165) is 22.8 Å². The van der Waals surface area contributed by atoms with Gasteiger partial charge in [-0.3, -0.25) is 0 Å². The zero-order chi connectivity index (χ0) is 14.8. The van der Waals surface area contributed by atoms with Crippen molar-refractivity contribution in [1.29, 1.82) is 0 Å². The zero-order valence-corrected chi connectivity index (χ0v) is 13.3. The van der Waals surface area contributed by atoms with Gasteiger partial charge in [0, 0.05) is 23.3 Å². The first-order chi connectivity index (χ1) is 9.36. The van der Waals surface area contributed by atoms with Crippen LogP contribution in [-0.2, 0) is 15.6 Å². The van der Waals surface area contributed by atoms with Crippen molar-refractivity contribution in [3.8, 4) is 0 Å². The Bertz CT molecular complexity index is 675. The summed E-state index contributed by atoms with van der Waals surface area (Å²) in [7, 11) is -3.13. The fourth-order valence-corrected chi connectivity index (χ4v) is 3.32. The van der Waals surface area contributed by atoms with Crippen LogP contribution in [0.2, 0.25) is 0 Å². The van der Waals surface area contributed by atoms with Crippen LogP contribution in [0, 0.1) is 6.92 Å². The van der Waals surface area contributed by atoms with Crippen molar-refractivity contribution in [3.63, 3.8) is 0 Å². The summed E-state index contributed by atoms with van der Waals surface area (Å²) in [6, 6.07) is 8.96. The summed E-state index contributed by atoms with van der Waals surface area (Å²) in [4.78, 5) is 0.352. The summed E-state index contributed by atoms with van der Waals surface area (Å²) in [5.41, 5.74) is 2.02. The molecular formula is C14H17NO3S2. The van der Waals surface area contributed by atoms with Gasteiger partial charge in [0.25, 0.3) is 0 Å². The lowest BCUT2D eigenvalue weighted by molar-refractivity contribution is 0.393. The monoisotopic (exact) mass is 311 g/mol. The molecular weight excluding hydrogens is 294 g/mol. The number of thioether (sulfide) groups is 1. The fraction of sp³-hybridized carbons (Fsp3) is 0.357. The Morgan fingerprint density at radius 3 is 2.45 bits per heavy atom. The summed E-state index contributed by atoms with van der Waals surface area (Å²) < 4.78 is 27.8. The largest absolute Gasteiger partial charge is 0.361 e. The summed E-state index contributed by atoms with van der Waals surface area (Å²) in [5.74, 6) is 1.58. The second-order valence-electron chi connectivity index (χ2n) is 4.72. The highest BCUT2D eigenvalue weighted by Gasteiger charge is 2.11. The van der Waals surface area contributed by atoms with E-state index in [9.17, 15) is 8.42 Å². The van der Waals surface area contributed by atoms with Gasteiger partial charge in [-0.25, -0.2) is 8.42 Å². The van der Waals surface area contributed by atoms with E-state index in [-0.39, 0.29) is 5.25 Å². The number of benzene rings is 1. The van der Waals surface area contributed by atoms with Crippen LogP contribution in [-0.4, -0.2) is 19.8 Å².